The maximum Gasteiger partial charge on any atom is 0.0894 e. The van der Waals surface area contributed by atoms with Crippen LogP contribution in [0.4, 0.5) is 0 Å². The van der Waals surface area contributed by atoms with Crippen molar-refractivity contribution in [3.05, 3.63) is 288 Å². The van der Waals surface area contributed by atoms with Crippen LogP contribution in [0.1, 0.15) is 45.0 Å². The van der Waals surface area contributed by atoms with Gasteiger partial charge in [-0.3, -0.25) is 19.9 Å². The number of nitrogens with zero attached hydrogens (tertiary/aromatic N) is 6. The SMILES string of the molecule is C(=Cc1nc(C=Cc2cccnc2-c2ccc3ccccc3c2)c(C=Cc2cccnc2-c2ccc3ccccc3c2)nc1C=Cc1cccnc1-c1ccc2ccccc2c1)c1cccnc1-c1ccc2ccccc2c1. The standard InChI is InChI=1S/C72H48N6/c1-5-17-57-45-61(29-25-49(57)13-1)69-53(21-9-41-73-69)33-37-65-66(38-34-54-22-10-42-74-70(54)62-30-26-50-14-2-6-18-58(50)46-62)78-68(40-36-56-24-12-44-76-72(56)64-32-28-52-16-4-8-20-60(52)48-64)67(77-65)39-35-55-23-11-43-75-71(55)63-31-27-51-15-3-7-19-59(51)47-63/h1-48H. The fourth-order valence-electron chi connectivity index (χ4n) is 10.2. The first-order chi connectivity index (χ1) is 38.6. The van der Waals surface area contributed by atoms with E-state index in [1.54, 1.807) is 0 Å². The molecule has 0 bridgehead atoms. The lowest BCUT2D eigenvalue weighted by atomic mass is 10.0. The van der Waals surface area contributed by atoms with E-state index in [9.17, 15) is 0 Å². The van der Waals surface area contributed by atoms with Gasteiger partial charge >= 0.3 is 0 Å². The van der Waals surface area contributed by atoms with Crippen molar-refractivity contribution in [2.24, 2.45) is 0 Å². The summed E-state index contributed by atoms with van der Waals surface area (Å²) in [7, 11) is 0. The molecule has 0 saturated carbocycles. The molecule has 0 unspecified atom stereocenters. The molecule has 0 aliphatic rings. The molecule has 6 nitrogen and oxygen atoms in total. The molecule has 13 aromatic rings. The van der Waals surface area contributed by atoms with Gasteiger partial charge in [-0.2, -0.15) is 0 Å². The molecular weight excluding hydrogens is 949 g/mol. The van der Waals surface area contributed by atoms with Gasteiger partial charge in [0, 0.05) is 69.3 Å². The van der Waals surface area contributed by atoms with Crippen LogP contribution in [0.5, 0.6) is 0 Å². The van der Waals surface area contributed by atoms with Gasteiger partial charge in [0.25, 0.3) is 0 Å². The van der Waals surface area contributed by atoms with Crippen molar-refractivity contribution in [3.8, 4) is 45.0 Å². The molecular formula is C72H48N6. The minimum Gasteiger partial charge on any atom is -0.256 e. The van der Waals surface area contributed by atoms with Crippen LogP contribution in [0.2, 0.25) is 0 Å². The number of hydrogen-bond donors (Lipinski definition) is 0. The molecule has 0 spiro atoms. The second-order valence-corrected chi connectivity index (χ2v) is 19.1. The van der Waals surface area contributed by atoms with Crippen LogP contribution in [0.25, 0.3) is 137 Å². The van der Waals surface area contributed by atoms with E-state index in [2.05, 4.69) is 243 Å². The van der Waals surface area contributed by atoms with Crippen LogP contribution in [0.3, 0.4) is 0 Å². The molecule has 5 heterocycles. The first-order valence-corrected chi connectivity index (χ1v) is 26.0. The second-order valence-electron chi connectivity index (χ2n) is 19.1. The first kappa shape index (κ1) is 47.2. The van der Waals surface area contributed by atoms with Gasteiger partial charge in [0.05, 0.1) is 45.6 Å². The molecule has 13 rings (SSSR count). The summed E-state index contributed by atoms with van der Waals surface area (Å²) in [6, 6.07) is 75.9. The zero-order valence-corrected chi connectivity index (χ0v) is 42.4. The van der Waals surface area contributed by atoms with Gasteiger partial charge in [-0.25, -0.2) is 9.97 Å². The van der Waals surface area contributed by atoms with E-state index in [0.717, 1.165) is 88.8 Å². The van der Waals surface area contributed by atoms with E-state index in [-0.39, 0.29) is 0 Å². The van der Waals surface area contributed by atoms with Crippen molar-refractivity contribution in [3.63, 3.8) is 0 Å². The van der Waals surface area contributed by atoms with E-state index >= 15 is 0 Å². The monoisotopic (exact) mass is 996 g/mol. The Kier molecular flexibility index (Phi) is 12.9. The number of hydrogen-bond acceptors (Lipinski definition) is 6. The normalized spacial score (nSPS) is 11.9. The Morgan fingerprint density at radius 1 is 0.205 bits per heavy atom. The topological polar surface area (TPSA) is 77.3 Å². The predicted octanol–water partition coefficient (Wildman–Crippen LogP) is 18.0. The van der Waals surface area contributed by atoms with E-state index in [0.29, 0.717) is 22.8 Å². The van der Waals surface area contributed by atoms with Crippen molar-refractivity contribution in [1.82, 2.24) is 29.9 Å². The second kappa shape index (κ2) is 21.4. The minimum absolute atomic E-state index is 0.673. The van der Waals surface area contributed by atoms with Crippen molar-refractivity contribution in [2.45, 2.75) is 0 Å². The first-order valence-electron chi connectivity index (χ1n) is 26.0. The maximum atomic E-state index is 5.53. The highest BCUT2D eigenvalue weighted by Crippen LogP contribution is 2.33. The van der Waals surface area contributed by atoms with Crippen LogP contribution in [0, 0.1) is 0 Å². The Labute approximate surface area is 452 Å². The average Bonchev–Trinajstić information content (AvgIpc) is 3.56. The number of rotatable bonds is 12. The lowest BCUT2D eigenvalue weighted by Crippen LogP contribution is -2.00. The Morgan fingerprint density at radius 2 is 0.436 bits per heavy atom. The summed E-state index contributed by atoms with van der Waals surface area (Å²) in [5.74, 6) is 0. The van der Waals surface area contributed by atoms with Crippen molar-refractivity contribution < 1.29 is 0 Å². The van der Waals surface area contributed by atoms with Crippen molar-refractivity contribution >= 4 is 91.7 Å². The number of benzene rings is 8. The van der Waals surface area contributed by atoms with Gasteiger partial charge in [-0.05, 0) is 116 Å². The van der Waals surface area contributed by atoms with Crippen LogP contribution in [0.15, 0.2) is 243 Å². The molecule has 0 radical (unpaired) electrons. The predicted molar refractivity (Wildman–Crippen MR) is 326 cm³/mol. The van der Waals surface area contributed by atoms with Crippen molar-refractivity contribution in [1.29, 1.82) is 0 Å². The van der Waals surface area contributed by atoms with Gasteiger partial charge in [-0.1, -0.05) is 194 Å². The van der Waals surface area contributed by atoms with Crippen LogP contribution in [-0.4, -0.2) is 29.9 Å². The van der Waals surface area contributed by atoms with E-state index in [1.165, 1.54) is 21.5 Å². The molecule has 78 heavy (non-hydrogen) atoms. The lowest BCUT2D eigenvalue weighted by molar-refractivity contribution is 1.12. The van der Waals surface area contributed by atoms with E-state index in [4.69, 9.17) is 29.9 Å². The van der Waals surface area contributed by atoms with Crippen LogP contribution >= 0.6 is 0 Å². The van der Waals surface area contributed by atoms with Crippen LogP contribution < -0.4 is 0 Å². The molecule has 8 aromatic carbocycles. The summed E-state index contributed by atoms with van der Waals surface area (Å²) in [6.07, 6.45) is 24.0. The average molecular weight is 997 g/mol. The highest BCUT2D eigenvalue weighted by molar-refractivity contribution is 5.94. The third-order valence-electron chi connectivity index (χ3n) is 14.1. The largest absolute Gasteiger partial charge is 0.256 e. The van der Waals surface area contributed by atoms with E-state index in [1.807, 2.05) is 49.1 Å². The summed E-state index contributed by atoms with van der Waals surface area (Å²) < 4.78 is 0. The summed E-state index contributed by atoms with van der Waals surface area (Å²) in [4.78, 5) is 30.8. The molecule has 6 heteroatoms. The lowest BCUT2D eigenvalue weighted by Gasteiger charge is -2.10. The van der Waals surface area contributed by atoms with Gasteiger partial charge in [0.15, 0.2) is 0 Å². The molecule has 0 amide bonds. The molecule has 5 aromatic heterocycles. The van der Waals surface area contributed by atoms with E-state index < -0.39 is 0 Å². The highest BCUT2D eigenvalue weighted by atomic mass is 14.8. The fraction of sp³-hybridized carbons (Fsp3) is 0. The minimum atomic E-state index is 0.673. The Bertz CT molecular complexity index is 3960. The quantitative estimate of drug-likeness (QED) is 0.121. The zero-order valence-electron chi connectivity index (χ0n) is 42.4. The van der Waals surface area contributed by atoms with Crippen LogP contribution in [-0.2, 0) is 0 Å². The third-order valence-corrected chi connectivity index (χ3v) is 14.1. The fourth-order valence-corrected chi connectivity index (χ4v) is 10.2. The summed E-state index contributed by atoms with van der Waals surface area (Å²) in [6.45, 7) is 0. The van der Waals surface area contributed by atoms with Crippen molar-refractivity contribution in [2.75, 3.05) is 0 Å². The summed E-state index contributed by atoms with van der Waals surface area (Å²) >= 11 is 0. The van der Waals surface area contributed by atoms with Gasteiger partial charge < -0.3 is 0 Å². The smallest absolute Gasteiger partial charge is 0.0894 e. The highest BCUT2D eigenvalue weighted by Gasteiger charge is 2.14. The molecule has 0 saturated heterocycles. The third kappa shape index (κ3) is 9.93. The molecule has 0 fully saturated rings. The molecule has 0 atom stereocenters. The Morgan fingerprint density at radius 3 is 0.679 bits per heavy atom. The number of fused-ring (bicyclic) bond motifs is 4. The number of pyridine rings is 4. The number of aromatic nitrogens is 6. The molecule has 0 aliphatic heterocycles. The van der Waals surface area contributed by atoms with Gasteiger partial charge in [0.1, 0.15) is 0 Å². The van der Waals surface area contributed by atoms with Gasteiger partial charge in [-0.15, -0.1) is 0 Å². The summed E-state index contributed by atoms with van der Waals surface area (Å²) in [5.41, 5.74) is 14.1. The Balaban J connectivity index is 0.972. The molecule has 0 aliphatic carbocycles. The molecule has 366 valence electrons. The summed E-state index contributed by atoms with van der Waals surface area (Å²) in [5, 5.41) is 9.32. The zero-order chi connectivity index (χ0) is 52.0. The Hall–Kier alpha value is -10.6. The maximum absolute atomic E-state index is 5.53. The van der Waals surface area contributed by atoms with Gasteiger partial charge in [0.2, 0.25) is 0 Å². The molecule has 0 N–H and O–H groups in total.